The van der Waals surface area contributed by atoms with Gasteiger partial charge in [0.2, 0.25) is 0 Å². The van der Waals surface area contributed by atoms with Gasteiger partial charge < -0.3 is 15.0 Å². The van der Waals surface area contributed by atoms with Crippen LogP contribution in [0.5, 0.6) is 0 Å². The number of likely N-dealkylation sites (N-methyl/N-ethyl adjacent to an activating group) is 1. The van der Waals surface area contributed by atoms with E-state index in [1.807, 2.05) is 38.4 Å². The van der Waals surface area contributed by atoms with Gasteiger partial charge in [-0.1, -0.05) is 12.1 Å². The molecule has 2 aromatic rings. The molecule has 0 bridgehead atoms. The number of halogens is 1. The molecule has 1 aromatic heterocycles. The van der Waals surface area contributed by atoms with Gasteiger partial charge in [-0.15, -0.1) is 0 Å². The van der Waals surface area contributed by atoms with Crippen molar-refractivity contribution >= 4 is 11.5 Å². The molecule has 0 aliphatic heterocycles. The molecule has 0 unspecified atom stereocenters. The van der Waals surface area contributed by atoms with E-state index in [0.717, 1.165) is 23.6 Å². The Morgan fingerprint density at radius 2 is 2.14 bits per heavy atom. The second kappa shape index (κ2) is 7.75. The Balaban J connectivity index is 1.99. The van der Waals surface area contributed by atoms with Crippen LogP contribution in [-0.2, 0) is 4.74 Å². The highest BCUT2D eigenvalue weighted by molar-refractivity contribution is 5.49. The minimum atomic E-state index is -0.228. The predicted octanol–water partition coefficient (Wildman–Crippen LogP) is 3.48. The number of nitrogens with one attached hydrogen (secondary N) is 1. The Bertz CT molecular complexity index is 589. The largest absolute Gasteiger partial charge is 0.383 e. The summed E-state index contributed by atoms with van der Waals surface area (Å²) in [5.74, 6) is 0.537. The average molecular weight is 303 g/mol. The zero-order valence-corrected chi connectivity index (χ0v) is 13.2. The lowest BCUT2D eigenvalue weighted by molar-refractivity contribution is 0.206. The quantitative estimate of drug-likeness (QED) is 0.850. The van der Waals surface area contributed by atoms with Gasteiger partial charge in [-0.25, -0.2) is 9.37 Å². The van der Waals surface area contributed by atoms with E-state index in [1.54, 1.807) is 13.2 Å². The molecule has 5 heteroatoms. The van der Waals surface area contributed by atoms with E-state index in [-0.39, 0.29) is 11.9 Å². The molecule has 0 fully saturated rings. The van der Waals surface area contributed by atoms with Crippen LogP contribution in [0.15, 0.2) is 42.6 Å². The lowest BCUT2D eigenvalue weighted by Gasteiger charge is -2.19. The minimum absolute atomic E-state index is 0.0136. The third-order valence-electron chi connectivity index (χ3n) is 3.53. The molecule has 1 atom stereocenters. The van der Waals surface area contributed by atoms with Gasteiger partial charge in [0.05, 0.1) is 24.5 Å². The van der Waals surface area contributed by atoms with Crippen LogP contribution in [0.2, 0.25) is 0 Å². The lowest BCUT2D eigenvalue weighted by Crippen LogP contribution is -2.22. The number of benzene rings is 1. The van der Waals surface area contributed by atoms with Crippen molar-refractivity contribution in [2.24, 2.45) is 0 Å². The summed E-state index contributed by atoms with van der Waals surface area (Å²) in [6.45, 7) is 3.47. The summed E-state index contributed by atoms with van der Waals surface area (Å²) in [7, 11) is 3.69. The van der Waals surface area contributed by atoms with Crippen LogP contribution in [0.1, 0.15) is 18.5 Å². The second-order valence-electron chi connectivity index (χ2n) is 5.24. The summed E-state index contributed by atoms with van der Waals surface area (Å²) < 4.78 is 18.3. The minimum Gasteiger partial charge on any atom is -0.383 e. The smallest absolute Gasteiger partial charge is 0.126 e. The van der Waals surface area contributed by atoms with E-state index in [0.29, 0.717) is 6.61 Å². The Hall–Kier alpha value is -2.14. The van der Waals surface area contributed by atoms with Crippen molar-refractivity contribution in [3.05, 3.63) is 54.0 Å². The standard InChI is InChI=1S/C17H22FN3O/c1-13(14-5-4-6-15(18)11-14)20-17-8-7-16(12-19-17)21(2)9-10-22-3/h4-8,11-13H,9-10H2,1-3H3,(H,19,20)/t13-/m1/s1. The van der Waals surface area contributed by atoms with Crippen molar-refractivity contribution in [1.29, 1.82) is 0 Å². The fourth-order valence-electron chi connectivity index (χ4n) is 2.14. The van der Waals surface area contributed by atoms with Crippen LogP contribution < -0.4 is 10.2 Å². The van der Waals surface area contributed by atoms with Gasteiger partial charge in [-0.05, 0) is 36.8 Å². The highest BCUT2D eigenvalue weighted by atomic mass is 19.1. The number of rotatable bonds is 7. The van der Waals surface area contributed by atoms with Crippen LogP contribution in [0.25, 0.3) is 0 Å². The van der Waals surface area contributed by atoms with Crippen molar-refractivity contribution in [1.82, 2.24) is 4.98 Å². The van der Waals surface area contributed by atoms with Crippen molar-refractivity contribution in [3.63, 3.8) is 0 Å². The maximum absolute atomic E-state index is 13.3. The molecule has 1 heterocycles. The summed E-state index contributed by atoms with van der Waals surface area (Å²) >= 11 is 0. The number of methoxy groups -OCH3 is 1. The molecule has 0 aliphatic rings. The van der Waals surface area contributed by atoms with Gasteiger partial charge in [0, 0.05) is 20.7 Å². The van der Waals surface area contributed by atoms with Gasteiger partial charge in [-0.2, -0.15) is 0 Å². The molecule has 1 aromatic carbocycles. The van der Waals surface area contributed by atoms with Crippen LogP contribution in [0.3, 0.4) is 0 Å². The van der Waals surface area contributed by atoms with E-state index in [2.05, 4.69) is 15.2 Å². The Morgan fingerprint density at radius 3 is 2.77 bits per heavy atom. The van der Waals surface area contributed by atoms with Crippen LogP contribution in [0, 0.1) is 5.82 Å². The van der Waals surface area contributed by atoms with Crippen LogP contribution >= 0.6 is 0 Å². The first kappa shape index (κ1) is 16.2. The first-order chi connectivity index (χ1) is 10.6. The molecule has 0 spiro atoms. The van der Waals surface area contributed by atoms with E-state index in [9.17, 15) is 4.39 Å². The molecule has 2 rings (SSSR count). The topological polar surface area (TPSA) is 37.4 Å². The first-order valence-corrected chi connectivity index (χ1v) is 7.28. The van der Waals surface area contributed by atoms with Crippen molar-refractivity contribution in [2.45, 2.75) is 13.0 Å². The fraction of sp³-hybridized carbons (Fsp3) is 0.353. The Morgan fingerprint density at radius 1 is 1.32 bits per heavy atom. The average Bonchev–Trinajstić information content (AvgIpc) is 2.53. The van der Waals surface area contributed by atoms with E-state index in [4.69, 9.17) is 4.74 Å². The van der Waals surface area contributed by atoms with Gasteiger partial charge in [0.25, 0.3) is 0 Å². The Kier molecular flexibility index (Phi) is 5.72. The molecule has 0 saturated carbocycles. The molecular formula is C17H22FN3O. The third kappa shape index (κ3) is 4.43. The van der Waals surface area contributed by atoms with Crippen molar-refractivity contribution in [2.75, 3.05) is 37.5 Å². The molecule has 1 N–H and O–H groups in total. The molecule has 118 valence electrons. The Labute approximate surface area is 130 Å². The monoisotopic (exact) mass is 303 g/mol. The number of hydrogen-bond acceptors (Lipinski definition) is 4. The highest BCUT2D eigenvalue weighted by Crippen LogP contribution is 2.20. The van der Waals surface area contributed by atoms with Crippen LogP contribution in [0.4, 0.5) is 15.9 Å². The van der Waals surface area contributed by atoms with Crippen LogP contribution in [-0.4, -0.2) is 32.3 Å². The first-order valence-electron chi connectivity index (χ1n) is 7.28. The SMILES string of the molecule is COCCN(C)c1ccc(N[C@H](C)c2cccc(F)c2)nc1. The molecule has 0 aliphatic carbocycles. The normalized spacial score (nSPS) is 12.0. The number of anilines is 2. The number of nitrogens with zero attached hydrogens (tertiary/aromatic N) is 2. The van der Waals surface area contributed by atoms with Gasteiger partial charge in [0.1, 0.15) is 11.6 Å². The molecule has 0 radical (unpaired) electrons. The molecular weight excluding hydrogens is 281 g/mol. The van der Waals surface area contributed by atoms with E-state index < -0.39 is 0 Å². The highest BCUT2D eigenvalue weighted by Gasteiger charge is 2.07. The number of pyridine rings is 1. The number of aromatic nitrogens is 1. The molecule has 0 amide bonds. The van der Waals surface area contributed by atoms with Gasteiger partial charge in [0.15, 0.2) is 0 Å². The number of ether oxygens (including phenoxy) is 1. The van der Waals surface area contributed by atoms with Gasteiger partial charge in [-0.3, -0.25) is 0 Å². The number of hydrogen-bond donors (Lipinski definition) is 1. The summed E-state index contributed by atoms with van der Waals surface area (Å²) in [5, 5.41) is 3.27. The van der Waals surface area contributed by atoms with Gasteiger partial charge >= 0.3 is 0 Å². The zero-order chi connectivity index (χ0) is 15.9. The summed E-state index contributed by atoms with van der Waals surface area (Å²) in [5.41, 5.74) is 1.92. The molecule has 0 saturated heterocycles. The maximum Gasteiger partial charge on any atom is 0.126 e. The predicted molar refractivity (Wildman–Crippen MR) is 87.8 cm³/mol. The lowest BCUT2D eigenvalue weighted by atomic mass is 10.1. The maximum atomic E-state index is 13.3. The summed E-state index contributed by atoms with van der Waals surface area (Å²) in [4.78, 5) is 6.49. The summed E-state index contributed by atoms with van der Waals surface area (Å²) in [6, 6.07) is 10.5. The van der Waals surface area contributed by atoms with Crippen molar-refractivity contribution < 1.29 is 9.13 Å². The fourth-order valence-corrected chi connectivity index (χ4v) is 2.14. The van der Waals surface area contributed by atoms with E-state index >= 15 is 0 Å². The van der Waals surface area contributed by atoms with Crippen molar-refractivity contribution in [3.8, 4) is 0 Å². The molecule has 22 heavy (non-hydrogen) atoms. The molecule has 4 nitrogen and oxygen atoms in total. The second-order valence-corrected chi connectivity index (χ2v) is 5.24. The third-order valence-corrected chi connectivity index (χ3v) is 3.53. The van der Waals surface area contributed by atoms with E-state index in [1.165, 1.54) is 12.1 Å². The zero-order valence-electron chi connectivity index (χ0n) is 13.2. The summed E-state index contributed by atoms with van der Waals surface area (Å²) in [6.07, 6.45) is 1.82.